The number of fused-ring (bicyclic) bond motifs is 1. The fraction of sp³-hybridized carbons (Fsp3) is 0.355. The van der Waals surface area contributed by atoms with Gasteiger partial charge in [0.1, 0.15) is 17.9 Å². The minimum atomic E-state index is -1.04. The van der Waals surface area contributed by atoms with Crippen LogP contribution < -0.4 is 4.74 Å². The van der Waals surface area contributed by atoms with Crippen LogP contribution in [0.2, 0.25) is 5.02 Å². The number of amides is 1. The standard InChI is InChI=1S/C31H34ClNO4/c1-3-4-22-5-7-24(8-6-22)20-31(2)17-15-25-19-26(11-14-28(25)37-31)30(36)33(21-29(34)35)18-16-23-9-12-27(32)13-10-23/h5-14,19H,3-4,15-18,20-21H2,1-2H3,(H,34,35)/t31-/m0/s1. The predicted octanol–water partition coefficient (Wildman–Crippen LogP) is 6.39. The lowest BCUT2D eigenvalue weighted by molar-refractivity contribution is -0.137. The first-order chi connectivity index (χ1) is 17.7. The van der Waals surface area contributed by atoms with Crippen LogP contribution in [-0.4, -0.2) is 40.6 Å². The maximum Gasteiger partial charge on any atom is 0.323 e. The number of aryl methyl sites for hydroxylation is 2. The monoisotopic (exact) mass is 519 g/mol. The number of ether oxygens (including phenoxy) is 1. The maximum atomic E-state index is 13.3. The van der Waals surface area contributed by atoms with Crippen LogP contribution in [0.3, 0.4) is 0 Å². The highest BCUT2D eigenvalue weighted by Gasteiger charge is 2.32. The highest BCUT2D eigenvalue weighted by Crippen LogP contribution is 2.36. The number of halogens is 1. The summed E-state index contributed by atoms with van der Waals surface area (Å²) in [5, 5.41) is 10.0. The Balaban J connectivity index is 1.44. The van der Waals surface area contributed by atoms with Gasteiger partial charge in [0.05, 0.1) is 0 Å². The number of carbonyl (C=O) groups excluding carboxylic acids is 1. The summed E-state index contributed by atoms with van der Waals surface area (Å²) in [7, 11) is 0. The molecule has 1 atom stereocenters. The molecule has 4 rings (SSSR count). The molecule has 0 radical (unpaired) electrons. The first-order valence-electron chi connectivity index (χ1n) is 12.9. The summed E-state index contributed by atoms with van der Waals surface area (Å²) in [5.41, 5.74) is 4.74. The Morgan fingerprint density at radius 2 is 1.62 bits per heavy atom. The van der Waals surface area contributed by atoms with Crippen molar-refractivity contribution in [2.75, 3.05) is 13.1 Å². The molecule has 194 valence electrons. The summed E-state index contributed by atoms with van der Waals surface area (Å²) < 4.78 is 6.45. The summed E-state index contributed by atoms with van der Waals surface area (Å²) in [4.78, 5) is 26.1. The molecule has 0 spiro atoms. The van der Waals surface area contributed by atoms with Crippen LogP contribution in [0.15, 0.2) is 66.7 Å². The lowest BCUT2D eigenvalue weighted by atomic mass is 9.86. The van der Waals surface area contributed by atoms with Crippen molar-refractivity contribution < 1.29 is 19.4 Å². The lowest BCUT2D eigenvalue weighted by Gasteiger charge is -2.36. The smallest absolute Gasteiger partial charge is 0.323 e. The Kier molecular flexibility index (Phi) is 8.55. The topological polar surface area (TPSA) is 66.8 Å². The number of carboxylic acids is 1. The second kappa shape index (κ2) is 11.8. The van der Waals surface area contributed by atoms with Crippen molar-refractivity contribution in [3.8, 4) is 5.75 Å². The molecule has 1 N–H and O–H groups in total. The minimum Gasteiger partial charge on any atom is -0.487 e. The van der Waals surface area contributed by atoms with Gasteiger partial charge >= 0.3 is 5.97 Å². The summed E-state index contributed by atoms with van der Waals surface area (Å²) in [5.74, 6) is -0.539. The van der Waals surface area contributed by atoms with Gasteiger partial charge in [0, 0.05) is 23.6 Å². The van der Waals surface area contributed by atoms with Gasteiger partial charge in [0.15, 0.2) is 0 Å². The molecular weight excluding hydrogens is 486 g/mol. The maximum absolute atomic E-state index is 13.3. The van der Waals surface area contributed by atoms with E-state index in [2.05, 4.69) is 38.1 Å². The zero-order chi connectivity index (χ0) is 26.4. The number of benzene rings is 3. The van der Waals surface area contributed by atoms with Crippen LogP contribution in [0.1, 0.15) is 59.3 Å². The molecule has 0 bridgehead atoms. The first-order valence-corrected chi connectivity index (χ1v) is 13.3. The Hall–Kier alpha value is -3.31. The van der Waals surface area contributed by atoms with E-state index in [9.17, 15) is 14.7 Å². The van der Waals surface area contributed by atoms with Gasteiger partial charge in [-0.2, -0.15) is 0 Å². The normalized spacial score (nSPS) is 16.5. The van der Waals surface area contributed by atoms with E-state index in [-0.39, 0.29) is 18.1 Å². The third kappa shape index (κ3) is 7.14. The molecule has 3 aromatic rings. The summed E-state index contributed by atoms with van der Waals surface area (Å²) >= 11 is 5.95. The molecule has 1 aliphatic rings. The molecule has 1 heterocycles. The molecule has 5 nitrogen and oxygen atoms in total. The van der Waals surface area contributed by atoms with E-state index in [1.807, 2.05) is 24.3 Å². The number of nitrogens with zero attached hydrogens (tertiary/aromatic N) is 1. The zero-order valence-corrected chi connectivity index (χ0v) is 22.3. The van der Waals surface area contributed by atoms with Crippen LogP contribution in [0.5, 0.6) is 5.75 Å². The van der Waals surface area contributed by atoms with Crippen LogP contribution in [0.25, 0.3) is 0 Å². The van der Waals surface area contributed by atoms with Crippen LogP contribution >= 0.6 is 11.6 Å². The van der Waals surface area contributed by atoms with Crippen molar-refractivity contribution in [3.63, 3.8) is 0 Å². The predicted molar refractivity (Wildman–Crippen MR) is 147 cm³/mol. The molecule has 0 aliphatic carbocycles. The van der Waals surface area contributed by atoms with Gasteiger partial charge in [-0.25, -0.2) is 0 Å². The third-order valence-corrected chi connectivity index (χ3v) is 7.18. The molecular formula is C31H34ClNO4. The number of aliphatic carboxylic acids is 1. The van der Waals surface area contributed by atoms with Gasteiger partial charge in [-0.3, -0.25) is 9.59 Å². The molecule has 0 unspecified atom stereocenters. The number of carbonyl (C=O) groups is 2. The highest BCUT2D eigenvalue weighted by atomic mass is 35.5. The number of hydrogen-bond acceptors (Lipinski definition) is 3. The quantitative estimate of drug-likeness (QED) is 0.337. The molecule has 0 saturated carbocycles. The van der Waals surface area contributed by atoms with Gasteiger partial charge < -0.3 is 14.7 Å². The largest absolute Gasteiger partial charge is 0.487 e. The van der Waals surface area contributed by atoms with E-state index in [1.54, 1.807) is 18.2 Å². The SMILES string of the molecule is CCCc1ccc(C[C@]2(C)CCc3cc(C(=O)N(CCc4ccc(Cl)cc4)CC(=O)O)ccc3O2)cc1. The van der Waals surface area contributed by atoms with Crippen LogP contribution in [0, 0.1) is 0 Å². The van der Waals surface area contributed by atoms with E-state index < -0.39 is 5.97 Å². The lowest BCUT2D eigenvalue weighted by Crippen LogP contribution is -2.39. The fourth-order valence-electron chi connectivity index (χ4n) is 4.91. The second-order valence-corrected chi connectivity index (χ2v) is 10.6. The molecule has 6 heteroatoms. The average molecular weight is 520 g/mol. The molecule has 0 aromatic heterocycles. The third-order valence-electron chi connectivity index (χ3n) is 6.92. The van der Waals surface area contributed by atoms with Gasteiger partial charge in [0.25, 0.3) is 5.91 Å². The number of rotatable bonds is 10. The summed E-state index contributed by atoms with van der Waals surface area (Å²) in [6, 6.07) is 21.6. The average Bonchev–Trinajstić information content (AvgIpc) is 2.88. The molecule has 0 saturated heterocycles. The van der Waals surface area contributed by atoms with Gasteiger partial charge in [0.2, 0.25) is 0 Å². The van der Waals surface area contributed by atoms with Crippen LogP contribution in [0.4, 0.5) is 0 Å². The first kappa shape index (κ1) is 26.7. The second-order valence-electron chi connectivity index (χ2n) is 10.1. The number of hydrogen-bond donors (Lipinski definition) is 1. The summed E-state index contributed by atoms with van der Waals surface area (Å²) in [6.07, 6.45) is 5.22. The van der Waals surface area contributed by atoms with Crippen molar-refractivity contribution >= 4 is 23.5 Å². The highest BCUT2D eigenvalue weighted by molar-refractivity contribution is 6.30. The van der Waals surface area contributed by atoms with Crippen molar-refractivity contribution in [1.29, 1.82) is 0 Å². The van der Waals surface area contributed by atoms with Gasteiger partial charge in [-0.15, -0.1) is 0 Å². The Bertz CT molecular complexity index is 1240. The molecule has 37 heavy (non-hydrogen) atoms. The Labute approximate surface area is 224 Å². The molecule has 0 fully saturated rings. The van der Waals surface area contributed by atoms with E-state index in [1.165, 1.54) is 16.0 Å². The molecule has 1 aliphatic heterocycles. The zero-order valence-electron chi connectivity index (χ0n) is 21.5. The Morgan fingerprint density at radius 3 is 2.30 bits per heavy atom. The van der Waals surface area contributed by atoms with Crippen molar-refractivity contribution in [3.05, 3.63) is 99.6 Å². The fourth-order valence-corrected chi connectivity index (χ4v) is 5.03. The van der Waals surface area contributed by atoms with E-state index >= 15 is 0 Å². The minimum absolute atomic E-state index is 0.292. The van der Waals surface area contributed by atoms with E-state index in [0.29, 0.717) is 23.6 Å². The van der Waals surface area contributed by atoms with Gasteiger partial charge in [-0.1, -0.05) is 61.3 Å². The number of carboxylic acid groups (broad SMARTS) is 1. The Morgan fingerprint density at radius 1 is 0.973 bits per heavy atom. The molecule has 3 aromatic carbocycles. The van der Waals surface area contributed by atoms with E-state index in [0.717, 1.165) is 49.0 Å². The summed E-state index contributed by atoms with van der Waals surface area (Å²) in [6.45, 7) is 4.28. The van der Waals surface area contributed by atoms with Crippen LogP contribution in [-0.2, 0) is 30.5 Å². The molecule has 1 amide bonds. The van der Waals surface area contributed by atoms with Crippen molar-refractivity contribution in [1.82, 2.24) is 4.90 Å². The van der Waals surface area contributed by atoms with Crippen molar-refractivity contribution in [2.45, 2.75) is 58.0 Å². The van der Waals surface area contributed by atoms with Crippen molar-refractivity contribution in [2.24, 2.45) is 0 Å². The van der Waals surface area contributed by atoms with Gasteiger partial charge in [-0.05, 0) is 85.2 Å². The van der Waals surface area contributed by atoms with E-state index in [4.69, 9.17) is 16.3 Å².